The molecule has 0 spiro atoms. The molecule has 1 aliphatic rings. The van der Waals surface area contributed by atoms with Gasteiger partial charge in [-0.3, -0.25) is 0 Å². The molecule has 1 fully saturated rings. The average molecular weight is 314 g/mol. The highest BCUT2D eigenvalue weighted by Gasteiger charge is 2.26. The number of carbonyl (C=O) groups is 1. The van der Waals surface area contributed by atoms with E-state index in [1.54, 1.807) is 13.2 Å². The third kappa shape index (κ3) is 2.67. The van der Waals surface area contributed by atoms with Crippen LogP contribution < -0.4 is 4.90 Å². The predicted molar refractivity (Wildman–Crippen MR) is 73.3 cm³/mol. The Balaban J connectivity index is 2.24. The van der Waals surface area contributed by atoms with Gasteiger partial charge in [0.15, 0.2) is 0 Å². The molecule has 1 aromatic carbocycles. The third-order valence-electron chi connectivity index (χ3n) is 3.23. The Bertz CT molecular complexity index is 450. The van der Waals surface area contributed by atoms with Crippen LogP contribution in [-0.2, 0) is 4.74 Å². The van der Waals surface area contributed by atoms with Crippen LogP contribution in [-0.4, -0.2) is 37.9 Å². The molecule has 2 rings (SSSR count). The van der Waals surface area contributed by atoms with Crippen LogP contribution >= 0.6 is 15.9 Å². The number of carboxylic acid groups (broad SMARTS) is 1. The van der Waals surface area contributed by atoms with Crippen molar-refractivity contribution in [3.63, 3.8) is 0 Å². The van der Waals surface area contributed by atoms with E-state index in [1.807, 2.05) is 12.1 Å². The first-order valence-corrected chi connectivity index (χ1v) is 6.68. The summed E-state index contributed by atoms with van der Waals surface area (Å²) in [6.07, 6.45) is 1.04. The number of carboxylic acids is 1. The van der Waals surface area contributed by atoms with Gasteiger partial charge in [0.2, 0.25) is 0 Å². The van der Waals surface area contributed by atoms with Gasteiger partial charge in [-0.15, -0.1) is 0 Å². The summed E-state index contributed by atoms with van der Waals surface area (Å²) in [7, 11) is 1.70. The number of aromatic carboxylic acids is 1. The molecule has 1 heterocycles. The summed E-state index contributed by atoms with van der Waals surface area (Å²) in [6, 6.07) is 5.49. The Morgan fingerprint density at radius 2 is 2.39 bits per heavy atom. The summed E-state index contributed by atoms with van der Waals surface area (Å²) in [5.41, 5.74) is 1.13. The molecular formula is C13H16BrNO3. The second-order valence-corrected chi connectivity index (χ2v) is 5.35. The van der Waals surface area contributed by atoms with Gasteiger partial charge in [0, 0.05) is 30.6 Å². The zero-order valence-electron chi connectivity index (χ0n) is 10.2. The summed E-state index contributed by atoms with van der Waals surface area (Å²) < 4.78 is 5.79. The molecule has 0 aliphatic carbocycles. The van der Waals surface area contributed by atoms with Crippen LogP contribution in [0.2, 0.25) is 0 Å². The molecule has 1 unspecified atom stereocenters. The van der Waals surface area contributed by atoms with Gasteiger partial charge in [0.1, 0.15) is 0 Å². The minimum absolute atomic E-state index is 0.343. The van der Waals surface area contributed by atoms with E-state index in [9.17, 15) is 9.90 Å². The van der Waals surface area contributed by atoms with Crippen LogP contribution in [0, 0.1) is 5.92 Å². The van der Waals surface area contributed by atoms with Crippen molar-refractivity contribution in [1.29, 1.82) is 0 Å². The standard InChI is InChI=1S/C13H16BrNO3/c1-18-8-9-5-6-15(7-9)11-4-2-3-10(14)12(11)13(16)17/h2-4,9H,5-8H2,1H3,(H,16,17). The van der Waals surface area contributed by atoms with Gasteiger partial charge >= 0.3 is 5.97 Å². The van der Waals surface area contributed by atoms with E-state index in [0.29, 0.717) is 16.0 Å². The van der Waals surface area contributed by atoms with E-state index in [0.717, 1.165) is 31.8 Å². The molecular weight excluding hydrogens is 298 g/mol. The Morgan fingerprint density at radius 3 is 3.06 bits per heavy atom. The van der Waals surface area contributed by atoms with Crippen LogP contribution in [0.1, 0.15) is 16.8 Å². The molecule has 1 N–H and O–H groups in total. The molecule has 0 saturated carbocycles. The molecule has 98 valence electrons. The summed E-state index contributed by atoms with van der Waals surface area (Å²) >= 11 is 3.31. The molecule has 1 saturated heterocycles. The van der Waals surface area contributed by atoms with E-state index in [4.69, 9.17) is 4.74 Å². The molecule has 4 nitrogen and oxygen atoms in total. The molecule has 0 amide bonds. The number of benzene rings is 1. The van der Waals surface area contributed by atoms with Gasteiger partial charge in [0.05, 0.1) is 17.9 Å². The van der Waals surface area contributed by atoms with Crippen LogP contribution in [0.3, 0.4) is 0 Å². The van der Waals surface area contributed by atoms with Crippen LogP contribution in [0.25, 0.3) is 0 Å². The number of hydrogen-bond donors (Lipinski definition) is 1. The lowest BCUT2D eigenvalue weighted by Gasteiger charge is -2.21. The quantitative estimate of drug-likeness (QED) is 0.928. The van der Waals surface area contributed by atoms with Gasteiger partial charge in [-0.1, -0.05) is 6.07 Å². The zero-order chi connectivity index (χ0) is 13.1. The fraction of sp³-hybridized carbons (Fsp3) is 0.462. The van der Waals surface area contributed by atoms with Crippen molar-refractivity contribution in [3.05, 3.63) is 28.2 Å². The Kier molecular flexibility index (Phi) is 4.24. The summed E-state index contributed by atoms with van der Waals surface area (Å²) in [4.78, 5) is 13.4. The highest BCUT2D eigenvalue weighted by Crippen LogP contribution is 2.31. The van der Waals surface area contributed by atoms with Crippen molar-refractivity contribution in [2.75, 3.05) is 31.7 Å². The van der Waals surface area contributed by atoms with Gasteiger partial charge in [-0.05, 0) is 34.5 Å². The minimum Gasteiger partial charge on any atom is -0.478 e. The molecule has 0 bridgehead atoms. The van der Waals surface area contributed by atoms with E-state index in [-0.39, 0.29) is 0 Å². The topological polar surface area (TPSA) is 49.8 Å². The van der Waals surface area contributed by atoms with E-state index >= 15 is 0 Å². The molecule has 0 aromatic heterocycles. The maximum absolute atomic E-state index is 11.3. The summed E-state index contributed by atoms with van der Waals surface area (Å²) in [5.74, 6) is -0.414. The third-order valence-corrected chi connectivity index (χ3v) is 3.90. The van der Waals surface area contributed by atoms with Crippen molar-refractivity contribution in [2.24, 2.45) is 5.92 Å². The van der Waals surface area contributed by atoms with Crippen LogP contribution in [0.4, 0.5) is 5.69 Å². The number of nitrogens with zero attached hydrogens (tertiary/aromatic N) is 1. The second-order valence-electron chi connectivity index (χ2n) is 4.50. The Labute approximate surface area is 115 Å². The average Bonchev–Trinajstić information content (AvgIpc) is 2.77. The number of rotatable bonds is 4. The highest BCUT2D eigenvalue weighted by atomic mass is 79.9. The maximum Gasteiger partial charge on any atom is 0.338 e. The lowest BCUT2D eigenvalue weighted by molar-refractivity contribution is 0.0696. The number of methoxy groups -OCH3 is 1. The smallest absolute Gasteiger partial charge is 0.338 e. The first kappa shape index (κ1) is 13.4. The number of halogens is 1. The van der Waals surface area contributed by atoms with Crippen molar-refractivity contribution < 1.29 is 14.6 Å². The van der Waals surface area contributed by atoms with E-state index < -0.39 is 5.97 Å². The molecule has 1 atom stereocenters. The van der Waals surface area contributed by atoms with Crippen LogP contribution in [0.15, 0.2) is 22.7 Å². The van der Waals surface area contributed by atoms with Crippen molar-refractivity contribution in [3.8, 4) is 0 Å². The lowest BCUT2D eigenvalue weighted by atomic mass is 10.1. The van der Waals surface area contributed by atoms with Crippen molar-refractivity contribution in [1.82, 2.24) is 0 Å². The SMILES string of the molecule is COCC1CCN(c2cccc(Br)c2C(=O)O)C1. The van der Waals surface area contributed by atoms with Crippen LogP contribution in [0.5, 0.6) is 0 Å². The van der Waals surface area contributed by atoms with Crippen molar-refractivity contribution >= 4 is 27.6 Å². The van der Waals surface area contributed by atoms with Crippen molar-refractivity contribution in [2.45, 2.75) is 6.42 Å². The summed E-state index contributed by atoms with van der Waals surface area (Å²) in [6.45, 7) is 2.46. The number of hydrogen-bond acceptors (Lipinski definition) is 3. The van der Waals surface area contributed by atoms with Gasteiger partial charge in [0.25, 0.3) is 0 Å². The highest BCUT2D eigenvalue weighted by molar-refractivity contribution is 9.10. The largest absolute Gasteiger partial charge is 0.478 e. The van der Waals surface area contributed by atoms with Gasteiger partial charge in [-0.25, -0.2) is 4.79 Å². The lowest BCUT2D eigenvalue weighted by Crippen LogP contribution is -2.23. The predicted octanol–water partition coefficient (Wildman–Crippen LogP) is 2.62. The van der Waals surface area contributed by atoms with E-state index in [2.05, 4.69) is 20.8 Å². The molecule has 18 heavy (non-hydrogen) atoms. The molecule has 1 aliphatic heterocycles. The first-order chi connectivity index (χ1) is 8.63. The van der Waals surface area contributed by atoms with E-state index in [1.165, 1.54) is 0 Å². The second kappa shape index (κ2) is 5.71. The fourth-order valence-electron chi connectivity index (χ4n) is 2.41. The van der Waals surface area contributed by atoms with Gasteiger partial charge in [-0.2, -0.15) is 0 Å². The Morgan fingerprint density at radius 1 is 1.61 bits per heavy atom. The zero-order valence-corrected chi connectivity index (χ0v) is 11.8. The molecule has 0 radical (unpaired) electrons. The van der Waals surface area contributed by atoms with Gasteiger partial charge < -0.3 is 14.7 Å². The maximum atomic E-state index is 11.3. The fourth-order valence-corrected chi connectivity index (χ4v) is 2.94. The summed E-state index contributed by atoms with van der Waals surface area (Å²) in [5, 5.41) is 9.29. The molecule has 1 aromatic rings. The number of ether oxygens (including phenoxy) is 1. The first-order valence-electron chi connectivity index (χ1n) is 5.89. The monoisotopic (exact) mass is 313 g/mol. The number of anilines is 1. The molecule has 5 heteroatoms. The minimum atomic E-state index is -0.896. The Hall–Kier alpha value is -1.07. The normalized spacial score (nSPS) is 19.2.